The van der Waals surface area contributed by atoms with Gasteiger partial charge in [0.1, 0.15) is 11.6 Å². The average molecular weight is 449 g/mol. The summed E-state index contributed by atoms with van der Waals surface area (Å²) in [5, 5.41) is 0. The van der Waals surface area contributed by atoms with Gasteiger partial charge in [-0.25, -0.2) is 4.39 Å². The summed E-state index contributed by atoms with van der Waals surface area (Å²) < 4.78 is 20.4. The molecule has 0 aliphatic carbocycles. The van der Waals surface area contributed by atoms with Crippen molar-refractivity contribution >= 4 is 0 Å². The Morgan fingerprint density at radius 3 is 2.09 bits per heavy atom. The van der Waals surface area contributed by atoms with Gasteiger partial charge in [0, 0.05) is 17.2 Å². The van der Waals surface area contributed by atoms with Crippen molar-refractivity contribution in [2.24, 2.45) is 0 Å². The van der Waals surface area contributed by atoms with Crippen LogP contribution >= 0.6 is 0 Å². The third-order valence-corrected chi connectivity index (χ3v) is 5.95. The van der Waals surface area contributed by atoms with Crippen molar-refractivity contribution < 1.29 is 9.13 Å². The Morgan fingerprint density at radius 2 is 1.39 bits per heavy atom. The van der Waals surface area contributed by atoms with Crippen molar-refractivity contribution in [3.8, 4) is 28.3 Å². The molecular weight excluding hydrogens is 411 g/mol. The second-order valence-corrected chi connectivity index (χ2v) is 8.70. The van der Waals surface area contributed by atoms with Crippen molar-refractivity contribution in [1.82, 2.24) is 9.97 Å². The standard InChI is InChI=1S/C29H37FN2O/c1-3-5-7-8-9-11-19-33-25-17-18-26(27(30)20-25)29-22-31-28(21-32-29)24-15-13-23(14-16-24)12-10-6-4-2/h13-18,20-22H,3-12,19H2,1-2H3. The second-order valence-electron chi connectivity index (χ2n) is 8.70. The molecule has 3 aromatic rings. The van der Waals surface area contributed by atoms with Crippen molar-refractivity contribution in [3.05, 3.63) is 66.2 Å². The molecule has 0 saturated heterocycles. The average Bonchev–Trinajstić information content (AvgIpc) is 2.84. The van der Waals surface area contributed by atoms with Gasteiger partial charge < -0.3 is 4.74 Å². The molecule has 0 saturated carbocycles. The van der Waals surface area contributed by atoms with Crippen LogP contribution in [0.2, 0.25) is 0 Å². The summed E-state index contributed by atoms with van der Waals surface area (Å²) in [6.45, 7) is 5.06. The van der Waals surface area contributed by atoms with Gasteiger partial charge >= 0.3 is 0 Å². The highest BCUT2D eigenvalue weighted by atomic mass is 19.1. The van der Waals surface area contributed by atoms with E-state index in [1.807, 2.05) is 6.07 Å². The van der Waals surface area contributed by atoms with Gasteiger partial charge in [0.25, 0.3) is 0 Å². The molecule has 1 heterocycles. The fourth-order valence-electron chi connectivity index (χ4n) is 3.90. The number of unbranched alkanes of at least 4 members (excludes halogenated alkanes) is 7. The molecule has 0 fully saturated rings. The van der Waals surface area contributed by atoms with Gasteiger partial charge in [-0.3, -0.25) is 9.97 Å². The first-order chi connectivity index (χ1) is 16.2. The lowest BCUT2D eigenvalue weighted by molar-refractivity contribution is 0.303. The largest absolute Gasteiger partial charge is 0.493 e. The monoisotopic (exact) mass is 448 g/mol. The third-order valence-electron chi connectivity index (χ3n) is 5.95. The van der Waals surface area contributed by atoms with Crippen molar-refractivity contribution in [2.75, 3.05) is 6.61 Å². The summed E-state index contributed by atoms with van der Waals surface area (Å²) in [6, 6.07) is 13.5. The molecule has 0 bridgehead atoms. The Morgan fingerprint density at radius 1 is 0.727 bits per heavy atom. The topological polar surface area (TPSA) is 35.0 Å². The highest BCUT2D eigenvalue weighted by Gasteiger charge is 2.10. The van der Waals surface area contributed by atoms with Crippen LogP contribution in [0.5, 0.6) is 5.75 Å². The summed E-state index contributed by atoms with van der Waals surface area (Å²) in [7, 11) is 0. The predicted octanol–water partition coefficient (Wildman–Crippen LogP) is 8.42. The summed E-state index contributed by atoms with van der Waals surface area (Å²) in [5.74, 6) is 0.224. The van der Waals surface area contributed by atoms with E-state index >= 15 is 0 Å². The first-order valence-corrected chi connectivity index (χ1v) is 12.5. The third kappa shape index (κ3) is 7.96. The number of hydrogen-bond donors (Lipinski definition) is 0. The molecule has 0 aliphatic heterocycles. The van der Waals surface area contributed by atoms with Crippen molar-refractivity contribution in [3.63, 3.8) is 0 Å². The van der Waals surface area contributed by atoms with Crippen LogP contribution < -0.4 is 4.74 Å². The Kier molecular flexibility index (Phi) is 10.3. The van der Waals surface area contributed by atoms with Gasteiger partial charge in [0.05, 0.1) is 30.4 Å². The van der Waals surface area contributed by atoms with E-state index in [0.29, 0.717) is 23.6 Å². The Hall–Kier alpha value is -2.75. The van der Waals surface area contributed by atoms with Crippen LogP contribution in [0.15, 0.2) is 54.9 Å². The molecule has 2 aromatic carbocycles. The first kappa shape index (κ1) is 24.9. The molecule has 1 aromatic heterocycles. The molecule has 0 atom stereocenters. The predicted molar refractivity (Wildman–Crippen MR) is 135 cm³/mol. The van der Waals surface area contributed by atoms with Crippen LogP contribution in [0, 0.1) is 5.82 Å². The maximum Gasteiger partial charge on any atom is 0.136 e. The minimum atomic E-state index is -0.339. The normalized spacial score (nSPS) is 11.0. The van der Waals surface area contributed by atoms with Crippen LogP contribution in [0.1, 0.15) is 77.2 Å². The molecule has 3 rings (SSSR count). The van der Waals surface area contributed by atoms with E-state index in [0.717, 1.165) is 30.5 Å². The van der Waals surface area contributed by atoms with Gasteiger partial charge in [-0.05, 0) is 37.0 Å². The fourth-order valence-corrected chi connectivity index (χ4v) is 3.90. The summed E-state index contributed by atoms with van der Waals surface area (Å²) in [4.78, 5) is 8.99. The maximum absolute atomic E-state index is 14.7. The lowest BCUT2D eigenvalue weighted by Gasteiger charge is -2.09. The van der Waals surface area contributed by atoms with Crippen LogP contribution in [0.4, 0.5) is 4.39 Å². The molecular formula is C29H37FN2O. The van der Waals surface area contributed by atoms with E-state index in [9.17, 15) is 4.39 Å². The number of hydrogen-bond acceptors (Lipinski definition) is 3. The molecule has 0 unspecified atom stereocenters. The second kappa shape index (κ2) is 13.7. The molecule has 176 valence electrons. The van der Waals surface area contributed by atoms with Gasteiger partial charge in [-0.15, -0.1) is 0 Å². The zero-order valence-electron chi connectivity index (χ0n) is 20.2. The van der Waals surface area contributed by atoms with E-state index in [4.69, 9.17) is 4.74 Å². The number of aryl methyl sites for hydroxylation is 1. The van der Waals surface area contributed by atoms with Gasteiger partial charge in [-0.2, -0.15) is 0 Å². The Bertz CT molecular complexity index is 954. The number of nitrogens with zero attached hydrogens (tertiary/aromatic N) is 2. The molecule has 33 heavy (non-hydrogen) atoms. The maximum atomic E-state index is 14.7. The minimum Gasteiger partial charge on any atom is -0.493 e. The summed E-state index contributed by atoms with van der Waals surface area (Å²) in [5.41, 5.74) is 4.12. The fraction of sp³-hybridized carbons (Fsp3) is 0.448. The number of aromatic nitrogens is 2. The zero-order valence-corrected chi connectivity index (χ0v) is 20.2. The van der Waals surface area contributed by atoms with Crippen molar-refractivity contribution in [1.29, 1.82) is 0 Å². The molecule has 0 aliphatic rings. The molecule has 4 heteroatoms. The van der Waals surface area contributed by atoms with E-state index in [1.54, 1.807) is 18.5 Å². The summed E-state index contributed by atoms with van der Waals surface area (Å²) >= 11 is 0. The SMILES string of the molecule is CCCCCCCCOc1ccc(-c2cnc(-c3ccc(CCCCC)cc3)cn2)c(F)c1. The van der Waals surface area contributed by atoms with Gasteiger partial charge in [0.2, 0.25) is 0 Å². The van der Waals surface area contributed by atoms with E-state index < -0.39 is 0 Å². The quantitative estimate of drug-likeness (QED) is 0.232. The van der Waals surface area contributed by atoms with Crippen LogP contribution in [0.3, 0.4) is 0 Å². The summed E-state index contributed by atoms with van der Waals surface area (Å²) in [6.07, 6.45) is 15.4. The number of ether oxygens (including phenoxy) is 1. The molecule has 3 nitrogen and oxygen atoms in total. The zero-order chi connectivity index (χ0) is 23.3. The Balaban J connectivity index is 1.54. The first-order valence-electron chi connectivity index (χ1n) is 12.5. The van der Waals surface area contributed by atoms with E-state index in [-0.39, 0.29) is 5.82 Å². The highest BCUT2D eigenvalue weighted by molar-refractivity contribution is 5.64. The van der Waals surface area contributed by atoms with Gasteiger partial charge in [0.15, 0.2) is 0 Å². The van der Waals surface area contributed by atoms with Crippen molar-refractivity contribution in [2.45, 2.75) is 78.1 Å². The van der Waals surface area contributed by atoms with Crippen LogP contribution in [-0.4, -0.2) is 16.6 Å². The molecule has 0 amide bonds. The number of benzene rings is 2. The van der Waals surface area contributed by atoms with E-state index in [1.165, 1.54) is 56.6 Å². The van der Waals surface area contributed by atoms with Crippen LogP contribution in [-0.2, 0) is 6.42 Å². The molecule has 0 N–H and O–H groups in total. The lowest BCUT2D eigenvalue weighted by atomic mass is 10.0. The van der Waals surface area contributed by atoms with E-state index in [2.05, 4.69) is 48.1 Å². The highest BCUT2D eigenvalue weighted by Crippen LogP contribution is 2.26. The molecule has 0 spiro atoms. The smallest absolute Gasteiger partial charge is 0.136 e. The lowest BCUT2D eigenvalue weighted by Crippen LogP contribution is -1.98. The Labute approximate surface area is 198 Å². The van der Waals surface area contributed by atoms with Gasteiger partial charge in [-0.1, -0.05) is 83.1 Å². The van der Waals surface area contributed by atoms with Crippen LogP contribution in [0.25, 0.3) is 22.5 Å². The number of rotatable bonds is 14. The number of halogens is 1. The minimum absolute atomic E-state index is 0.339. The molecule has 0 radical (unpaired) electrons.